The monoisotopic (exact) mass is 220 g/mol. The molecule has 0 aliphatic rings. The average Bonchev–Trinajstić information content (AvgIpc) is 2.33. The van der Waals surface area contributed by atoms with E-state index in [-0.39, 0.29) is 6.09 Å². The molecule has 0 aliphatic carbocycles. The molecule has 1 aromatic carbocycles. The number of hydrogen-bond donors (Lipinski definition) is 1. The number of benzene rings is 1. The minimum absolute atomic E-state index is 0.350. The molecule has 0 unspecified atom stereocenters. The van der Waals surface area contributed by atoms with Crippen molar-refractivity contribution in [2.75, 3.05) is 13.2 Å². The van der Waals surface area contributed by atoms with Crippen molar-refractivity contribution in [2.45, 2.75) is 19.3 Å². The van der Waals surface area contributed by atoms with Gasteiger partial charge in [0.05, 0.1) is 6.61 Å². The summed E-state index contributed by atoms with van der Waals surface area (Å²) in [5.74, 6) is 0. The Kier molecular flexibility index (Phi) is 6.07. The van der Waals surface area contributed by atoms with Crippen molar-refractivity contribution >= 4 is 6.09 Å². The predicted octanol–water partition coefficient (Wildman–Crippen LogP) is 2.57. The Morgan fingerprint density at radius 2 is 2.06 bits per heavy atom. The maximum Gasteiger partial charge on any atom is 0.407 e. The zero-order valence-electron chi connectivity index (χ0n) is 9.45. The van der Waals surface area contributed by atoms with E-state index in [2.05, 4.69) is 24.4 Å². The number of alkyl carbamates (subject to hydrolysis) is 1. The fourth-order valence-corrected chi connectivity index (χ4v) is 1.33. The second-order valence-corrected chi connectivity index (χ2v) is 3.51. The Morgan fingerprint density at radius 1 is 1.31 bits per heavy atom. The van der Waals surface area contributed by atoms with Crippen LogP contribution in [0.2, 0.25) is 0 Å². The third-order valence-electron chi connectivity index (χ3n) is 2.13. The minimum atomic E-state index is -0.350. The van der Waals surface area contributed by atoms with Crippen molar-refractivity contribution in [3.8, 4) is 0 Å². The Hall–Kier alpha value is -1.51. The van der Waals surface area contributed by atoms with E-state index in [9.17, 15) is 4.79 Å². The summed E-state index contributed by atoms with van der Waals surface area (Å²) in [5.41, 5.74) is 1.27. The molecule has 0 heterocycles. The lowest BCUT2D eigenvalue weighted by atomic mass is 10.1. The average molecular weight is 220 g/mol. The normalized spacial score (nSPS) is 9.81. The van der Waals surface area contributed by atoms with Crippen molar-refractivity contribution < 1.29 is 9.53 Å². The molecule has 87 valence electrons. The summed E-state index contributed by atoms with van der Waals surface area (Å²) in [6.07, 6.45) is 2.11. The highest BCUT2D eigenvalue weighted by Crippen LogP contribution is 2.02. The van der Waals surface area contributed by atoms with Gasteiger partial charge >= 0.3 is 6.09 Å². The van der Waals surface area contributed by atoms with Gasteiger partial charge in [-0.1, -0.05) is 37.3 Å². The third-order valence-corrected chi connectivity index (χ3v) is 2.13. The lowest BCUT2D eigenvalue weighted by molar-refractivity contribution is 0.145. The number of hydrogen-bond acceptors (Lipinski definition) is 2. The maximum atomic E-state index is 11.1. The number of carbonyl (C=O) groups is 1. The van der Waals surface area contributed by atoms with E-state index in [4.69, 9.17) is 4.74 Å². The van der Waals surface area contributed by atoms with Gasteiger partial charge in [-0.15, -0.1) is 0 Å². The summed E-state index contributed by atoms with van der Waals surface area (Å²) in [5, 5.41) is 2.61. The second-order valence-electron chi connectivity index (χ2n) is 3.51. The smallest absolute Gasteiger partial charge is 0.407 e. The molecule has 0 fully saturated rings. The van der Waals surface area contributed by atoms with Gasteiger partial charge in [-0.05, 0) is 24.8 Å². The number of carbonyl (C=O) groups excluding carboxylic acids is 1. The number of ether oxygens (including phenoxy) is 1. The Morgan fingerprint density at radius 3 is 2.75 bits per heavy atom. The van der Waals surface area contributed by atoms with Gasteiger partial charge in [0.1, 0.15) is 0 Å². The van der Waals surface area contributed by atoms with Gasteiger partial charge in [0.15, 0.2) is 0 Å². The van der Waals surface area contributed by atoms with Crippen LogP contribution in [0, 0.1) is 6.92 Å². The molecular formula is C13H18NO2. The van der Waals surface area contributed by atoms with E-state index in [1.807, 2.05) is 18.2 Å². The van der Waals surface area contributed by atoms with Crippen molar-refractivity contribution in [1.82, 2.24) is 5.32 Å². The molecule has 1 aromatic rings. The summed E-state index contributed by atoms with van der Waals surface area (Å²) < 4.78 is 4.99. The third kappa shape index (κ3) is 5.39. The summed E-state index contributed by atoms with van der Waals surface area (Å²) in [4.78, 5) is 11.1. The molecule has 1 N–H and O–H groups in total. The van der Waals surface area contributed by atoms with Crippen LogP contribution in [0.3, 0.4) is 0 Å². The van der Waals surface area contributed by atoms with Crippen LogP contribution in [-0.4, -0.2) is 19.2 Å². The van der Waals surface area contributed by atoms with Crippen LogP contribution in [0.5, 0.6) is 0 Å². The molecular weight excluding hydrogens is 202 g/mol. The Bertz CT molecular complexity index is 298. The zero-order chi connectivity index (χ0) is 11.6. The standard InChI is InChI=1S/C13H18NO2/c1-2-10-14-13(15)16-11-6-9-12-7-4-3-5-8-12/h3-5,7-8H,1-2,6,9-11H2,(H,14,15). The van der Waals surface area contributed by atoms with E-state index >= 15 is 0 Å². The Balaban J connectivity index is 2.06. The van der Waals surface area contributed by atoms with Crippen molar-refractivity contribution in [3.05, 3.63) is 42.8 Å². The van der Waals surface area contributed by atoms with Crippen LogP contribution in [0.1, 0.15) is 18.4 Å². The van der Waals surface area contributed by atoms with Gasteiger partial charge in [-0.2, -0.15) is 0 Å². The predicted molar refractivity (Wildman–Crippen MR) is 64.1 cm³/mol. The van der Waals surface area contributed by atoms with Crippen molar-refractivity contribution in [1.29, 1.82) is 0 Å². The summed E-state index contributed by atoms with van der Waals surface area (Å²) in [6.45, 7) is 4.65. The number of nitrogens with one attached hydrogen (secondary N) is 1. The number of aryl methyl sites for hydroxylation is 1. The van der Waals surface area contributed by atoms with E-state index < -0.39 is 0 Å². The van der Waals surface area contributed by atoms with Crippen LogP contribution in [0.15, 0.2) is 30.3 Å². The number of amides is 1. The first-order valence-electron chi connectivity index (χ1n) is 5.56. The highest BCUT2D eigenvalue weighted by molar-refractivity contribution is 5.66. The summed E-state index contributed by atoms with van der Waals surface area (Å²) in [6, 6.07) is 10.2. The lowest BCUT2D eigenvalue weighted by Crippen LogP contribution is -2.25. The molecule has 0 spiro atoms. The topological polar surface area (TPSA) is 38.3 Å². The Labute approximate surface area is 96.8 Å². The van der Waals surface area contributed by atoms with E-state index in [1.165, 1.54) is 5.56 Å². The SMILES string of the molecule is [CH2]CCNC(=O)OCCCc1ccccc1. The van der Waals surface area contributed by atoms with Gasteiger partial charge in [0, 0.05) is 6.54 Å². The van der Waals surface area contributed by atoms with Gasteiger partial charge in [0.25, 0.3) is 0 Å². The van der Waals surface area contributed by atoms with Crippen molar-refractivity contribution in [3.63, 3.8) is 0 Å². The first-order valence-corrected chi connectivity index (χ1v) is 5.56. The quantitative estimate of drug-likeness (QED) is 0.748. The van der Waals surface area contributed by atoms with Crippen LogP contribution >= 0.6 is 0 Å². The lowest BCUT2D eigenvalue weighted by Gasteiger charge is -2.05. The summed E-state index contributed by atoms with van der Waals surface area (Å²) >= 11 is 0. The van der Waals surface area contributed by atoms with Gasteiger partial charge in [0.2, 0.25) is 0 Å². The second kappa shape index (κ2) is 7.74. The molecule has 3 nitrogen and oxygen atoms in total. The maximum absolute atomic E-state index is 11.1. The fourth-order valence-electron chi connectivity index (χ4n) is 1.33. The zero-order valence-corrected chi connectivity index (χ0v) is 9.45. The first kappa shape index (κ1) is 12.6. The van der Waals surface area contributed by atoms with Gasteiger partial charge < -0.3 is 10.1 Å². The largest absolute Gasteiger partial charge is 0.450 e. The van der Waals surface area contributed by atoms with E-state index in [0.717, 1.165) is 12.8 Å². The fraction of sp³-hybridized carbons (Fsp3) is 0.385. The molecule has 0 atom stereocenters. The first-order chi connectivity index (χ1) is 7.83. The molecule has 0 saturated carbocycles. The van der Waals surface area contributed by atoms with Gasteiger partial charge in [-0.3, -0.25) is 0 Å². The van der Waals surface area contributed by atoms with Crippen LogP contribution in [0.25, 0.3) is 0 Å². The van der Waals surface area contributed by atoms with Crippen molar-refractivity contribution in [2.24, 2.45) is 0 Å². The molecule has 0 aromatic heterocycles. The molecule has 0 saturated heterocycles. The molecule has 1 radical (unpaired) electrons. The molecule has 0 bridgehead atoms. The molecule has 1 amide bonds. The molecule has 16 heavy (non-hydrogen) atoms. The molecule has 3 heteroatoms. The van der Waals surface area contributed by atoms with Crippen LogP contribution in [-0.2, 0) is 11.2 Å². The summed E-state index contributed by atoms with van der Waals surface area (Å²) in [7, 11) is 0. The molecule has 1 rings (SSSR count). The highest BCUT2D eigenvalue weighted by Gasteiger charge is 1.99. The van der Waals surface area contributed by atoms with Gasteiger partial charge in [-0.25, -0.2) is 4.79 Å². The number of rotatable bonds is 6. The van der Waals surface area contributed by atoms with Crippen LogP contribution < -0.4 is 5.32 Å². The van der Waals surface area contributed by atoms with E-state index in [1.54, 1.807) is 0 Å². The molecule has 0 aliphatic heterocycles. The minimum Gasteiger partial charge on any atom is -0.450 e. The van der Waals surface area contributed by atoms with Crippen LogP contribution in [0.4, 0.5) is 4.79 Å². The highest BCUT2D eigenvalue weighted by atomic mass is 16.5. The van der Waals surface area contributed by atoms with E-state index in [0.29, 0.717) is 19.6 Å².